The molecule has 9 heteroatoms. The van der Waals surface area contributed by atoms with E-state index in [9.17, 15) is 17.6 Å². The Morgan fingerprint density at radius 2 is 1.79 bits per heavy atom. The van der Waals surface area contributed by atoms with E-state index in [0.717, 1.165) is 77.4 Å². The third-order valence-corrected chi connectivity index (χ3v) is 8.28. The Hall–Kier alpha value is -0.740. The van der Waals surface area contributed by atoms with Gasteiger partial charge in [-0.15, -0.1) is 0 Å². The Bertz CT molecular complexity index is 645. The minimum absolute atomic E-state index is 0.246. The zero-order valence-corrected chi connectivity index (χ0v) is 19.8. The number of hydrogen-bond donors (Lipinski definition) is 2. The van der Waals surface area contributed by atoms with Crippen molar-refractivity contribution < 1.29 is 17.6 Å². The molecule has 3 fully saturated rings. The zero-order valence-electron chi connectivity index (χ0n) is 19.8. The van der Waals surface area contributed by atoms with E-state index in [4.69, 9.17) is 5.73 Å². The third-order valence-electron chi connectivity index (χ3n) is 8.28. The first kappa shape index (κ1) is 25.4. The Morgan fingerprint density at radius 3 is 2.45 bits per heavy atom. The summed E-state index contributed by atoms with van der Waals surface area (Å²) in [6.07, 6.45) is 4.80. The van der Waals surface area contributed by atoms with Gasteiger partial charge in [-0.05, 0) is 70.3 Å². The predicted molar refractivity (Wildman–Crippen MR) is 122 cm³/mol. The van der Waals surface area contributed by atoms with Crippen LogP contribution in [0.2, 0.25) is 0 Å². The van der Waals surface area contributed by atoms with Crippen LogP contribution < -0.4 is 11.2 Å². The molecule has 5 nitrogen and oxygen atoms in total. The van der Waals surface area contributed by atoms with Crippen LogP contribution in [0.15, 0.2) is 12.2 Å². The van der Waals surface area contributed by atoms with Gasteiger partial charge in [0.1, 0.15) is 6.17 Å². The Labute approximate surface area is 195 Å². The van der Waals surface area contributed by atoms with Gasteiger partial charge in [-0.1, -0.05) is 18.6 Å². The van der Waals surface area contributed by atoms with Gasteiger partial charge < -0.3 is 5.73 Å². The number of nitrogens with one attached hydrogen (secondary N) is 1. The van der Waals surface area contributed by atoms with Crippen LogP contribution in [0.4, 0.5) is 17.6 Å². The van der Waals surface area contributed by atoms with Gasteiger partial charge in [0.25, 0.3) is 0 Å². The lowest BCUT2D eigenvalue weighted by Crippen LogP contribution is -2.56. The predicted octanol–water partition coefficient (Wildman–Crippen LogP) is 3.88. The second kappa shape index (κ2) is 10.9. The SMILES string of the molecule is CN1CN(CCCN(NC2C=CC(F)C(C(F)(F)F)C2)C2CCC[C@@H]2C2CCC(N)CC2)C1. The summed E-state index contributed by atoms with van der Waals surface area (Å²) in [4.78, 5) is 4.62. The largest absolute Gasteiger partial charge is 0.394 e. The molecule has 0 amide bonds. The molecule has 0 aromatic rings. The summed E-state index contributed by atoms with van der Waals surface area (Å²) in [5.74, 6) is -0.733. The summed E-state index contributed by atoms with van der Waals surface area (Å²) in [6, 6.07) is 0.148. The smallest absolute Gasteiger partial charge is 0.328 e. The highest BCUT2D eigenvalue weighted by molar-refractivity contribution is 5.07. The van der Waals surface area contributed by atoms with Crippen LogP contribution in [-0.4, -0.2) is 78.8 Å². The number of halogens is 4. The molecular weight excluding hydrogens is 434 g/mol. The average molecular weight is 476 g/mol. The molecule has 0 radical (unpaired) electrons. The minimum Gasteiger partial charge on any atom is -0.328 e. The van der Waals surface area contributed by atoms with E-state index in [1.807, 2.05) is 0 Å². The molecule has 5 atom stereocenters. The summed E-state index contributed by atoms with van der Waals surface area (Å²) in [5.41, 5.74) is 9.58. The topological polar surface area (TPSA) is 47.8 Å². The fourth-order valence-corrected chi connectivity index (χ4v) is 6.53. The second-order valence-electron chi connectivity index (χ2n) is 10.9. The summed E-state index contributed by atoms with van der Waals surface area (Å²) in [5, 5.41) is 2.25. The summed E-state index contributed by atoms with van der Waals surface area (Å²) in [6.45, 7) is 3.72. The standard InChI is InChI=1S/C24H41F4N5/c1-31-15-32(16-31)12-3-13-33(30-19-10-11-22(25)21(14-19)24(26,27)28)23-5-2-4-20(23)17-6-8-18(29)9-7-17/h10-11,17-23,30H,2-9,12-16,29H2,1H3/t17?,18?,19?,20-,21?,22?,23?/m1/s1. The van der Waals surface area contributed by atoms with Crippen molar-refractivity contribution in [1.29, 1.82) is 0 Å². The normalized spacial score (nSPS) is 38.7. The van der Waals surface area contributed by atoms with Crippen molar-refractivity contribution in [1.82, 2.24) is 20.2 Å². The van der Waals surface area contributed by atoms with Crippen LogP contribution in [-0.2, 0) is 0 Å². The molecule has 0 bridgehead atoms. The fourth-order valence-electron chi connectivity index (χ4n) is 6.53. The van der Waals surface area contributed by atoms with Crippen LogP contribution in [0, 0.1) is 17.8 Å². The molecular formula is C24H41F4N5. The van der Waals surface area contributed by atoms with Gasteiger partial charge >= 0.3 is 6.18 Å². The molecule has 0 aromatic carbocycles. The highest BCUT2D eigenvalue weighted by Gasteiger charge is 2.47. The van der Waals surface area contributed by atoms with E-state index in [0.29, 0.717) is 23.9 Å². The molecule has 4 rings (SSSR count). The van der Waals surface area contributed by atoms with Crippen molar-refractivity contribution in [2.45, 2.75) is 88.3 Å². The maximum absolute atomic E-state index is 14.0. The Kier molecular flexibility index (Phi) is 8.37. The van der Waals surface area contributed by atoms with E-state index in [2.05, 4.69) is 27.3 Å². The van der Waals surface area contributed by atoms with Crippen LogP contribution in [0.1, 0.15) is 57.8 Å². The summed E-state index contributed by atoms with van der Waals surface area (Å²) in [7, 11) is 2.09. The number of allylic oxidation sites excluding steroid dienone is 1. The van der Waals surface area contributed by atoms with Gasteiger partial charge in [0.15, 0.2) is 0 Å². The van der Waals surface area contributed by atoms with Crippen LogP contribution in [0.3, 0.4) is 0 Å². The third kappa shape index (κ3) is 6.48. The highest BCUT2D eigenvalue weighted by atomic mass is 19.4. The summed E-state index contributed by atoms with van der Waals surface area (Å²) < 4.78 is 54.1. The average Bonchev–Trinajstić information content (AvgIpc) is 3.22. The Balaban J connectivity index is 1.41. The maximum atomic E-state index is 14.0. The van der Waals surface area contributed by atoms with Crippen LogP contribution in [0.5, 0.6) is 0 Å². The lowest BCUT2D eigenvalue weighted by atomic mass is 9.76. The number of rotatable bonds is 8. The van der Waals surface area contributed by atoms with Gasteiger partial charge in [0.05, 0.1) is 19.3 Å². The van der Waals surface area contributed by atoms with Crippen LogP contribution >= 0.6 is 0 Å². The van der Waals surface area contributed by atoms with Gasteiger partial charge in [0, 0.05) is 31.2 Å². The van der Waals surface area contributed by atoms with E-state index >= 15 is 0 Å². The van der Waals surface area contributed by atoms with E-state index in [-0.39, 0.29) is 6.42 Å². The van der Waals surface area contributed by atoms with E-state index < -0.39 is 24.3 Å². The van der Waals surface area contributed by atoms with Crippen molar-refractivity contribution in [3.05, 3.63) is 12.2 Å². The molecule has 1 heterocycles. The summed E-state index contributed by atoms with van der Waals surface area (Å²) >= 11 is 0. The number of hydrazine groups is 1. The number of nitrogens with zero attached hydrogens (tertiary/aromatic N) is 3. The number of alkyl halides is 4. The molecule has 2 saturated carbocycles. The molecule has 3 aliphatic carbocycles. The van der Waals surface area contributed by atoms with Gasteiger partial charge in [-0.3, -0.25) is 9.80 Å². The molecule has 1 saturated heterocycles. The minimum atomic E-state index is -4.52. The van der Waals surface area contributed by atoms with E-state index in [1.54, 1.807) is 6.08 Å². The maximum Gasteiger partial charge on any atom is 0.394 e. The van der Waals surface area contributed by atoms with E-state index in [1.165, 1.54) is 6.42 Å². The van der Waals surface area contributed by atoms with Gasteiger partial charge in [0.2, 0.25) is 0 Å². The fraction of sp³-hybridized carbons (Fsp3) is 0.917. The highest BCUT2D eigenvalue weighted by Crippen LogP contribution is 2.42. The van der Waals surface area contributed by atoms with Crippen molar-refractivity contribution in [2.75, 3.05) is 33.5 Å². The molecule has 33 heavy (non-hydrogen) atoms. The molecule has 4 unspecified atom stereocenters. The second-order valence-corrected chi connectivity index (χ2v) is 10.9. The monoisotopic (exact) mass is 475 g/mol. The first-order valence-electron chi connectivity index (χ1n) is 12.8. The van der Waals surface area contributed by atoms with Crippen molar-refractivity contribution >= 4 is 0 Å². The van der Waals surface area contributed by atoms with Crippen molar-refractivity contribution in [2.24, 2.45) is 23.5 Å². The molecule has 1 aliphatic heterocycles. The molecule has 3 N–H and O–H groups in total. The molecule has 0 spiro atoms. The Morgan fingerprint density at radius 1 is 1.06 bits per heavy atom. The molecule has 190 valence electrons. The van der Waals surface area contributed by atoms with Crippen LogP contribution in [0.25, 0.3) is 0 Å². The number of nitrogens with two attached hydrogens (primary N) is 1. The number of hydrogen-bond acceptors (Lipinski definition) is 5. The molecule has 0 aromatic heterocycles. The van der Waals surface area contributed by atoms with Crippen molar-refractivity contribution in [3.63, 3.8) is 0 Å². The lowest BCUT2D eigenvalue weighted by Gasteiger charge is -2.43. The van der Waals surface area contributed by atoms with Gasteiger partial charge in [-0.25, -0.2) is 14.8 Å². The van der Waals surface area contributed by atoms with Gasteiger partial charge in [-0.2, -0.15) is 13.2 Å². The molecule has 4 aliphatic rings. The quantitative estimate of drug-likeness (QED) is 0.317. The first-order chi connectivity index (χ1) is 15.7. The first-order valence-corrected chi connectivity index (χ1v) is 12.8. The van der Waals surface area contributed by atoms with Crippen molar-refractivity contribution in [3.8, 4) is 0 Å². The zero-order chi connectivity index (χ0) is 23.6. The lowest BCUT2D eigenvalue weighted by molar-refractivity contribution is -0.191.